The Morgan fingerprint density at radius 3 is 2.56 bits per heavy atom. The van der Waals surface area contributed by atoms with Gasteiger partial charge in [-0.15, -0.1) is 0 Å². The summed E-state index contributed by atoms with van der Waals surface area (Å²) in [4.78, 5) is 0. The third kappa shape index (κ3) is 3.30. The minimum Gasteiger partial charge on any atom is -0.314 e. The van der Waals surface area contributed by atoms with E-state index in [1.165, 1.54) is 12.3 Å². The molecule has 0 radical (unpaired) electrons. The van der Waals surface area contributed by atoms with Crippen molar-refractivity contribution in [2.24, 2.45) is 0 Å². The first-order valence-corrected chi connectivity index (χ1v) is 7.85. The zero-order valence-electron chi connectivity index (χ0n) is 10.5. The lowest BCUT2D eigenvalue weighted by Crippen LogP contribution is -2.42. The summed E-state index contributed by atoms with van der Waals surface area (Å²) >= 11 is 0. The van der Waals surface area contributed by atoms with Gasteiger partial charge in [-0.25, -0.2) is 13.1 Å². The minimum absolute atomic E-state index is 0.0354. The Morgan fingerprint density at radius 2 is 2.00 bits per heavy atom. The first-order chi connectivity index (χ1) is 8.62. The summed E-state index contributed by atoms with van der Waals surface area (Å²) in [6.07, 6.45) is 5.24. The highest BCUT2D eigenvalue weighted by molar-refractivity contribution is 7.89. The highest BCUT2D eigenvalue weighted by Crippen LogP contribution is 2.20. The van der Waals surface area contributed by atoms with Crippen LogP contribution in [-0.2, 0) is 10.0 Å². The molecule has 0 aliphatic heterocycles. The quantitative estimate of drug-likeness (QED) is 0.733. The molecule has 1 aliphatic rings. The molecule has 0 atom stereocenters. The molecule has 0 spiro atoms. The summed E-state index contributed by atoms with van der Waals surface area (Å²) in [5.41, 5.74) is 0. The van der Waals surface area contributed by atoms with E-state index in [0.717, 1.165) is 32.2 Å². The molecule has 7 heteroatoms. The van der Waals surface area contributed by atoms with E-state index in [-0.39, 0.29) is 11.1 Å². The zero-order valence-corrected chi connectivity index (χ0v) is 11.3. The number of aromatic nitrogens is 2. The first kappa shape index (κ1) is 13.5. The van der Waals surface area contributed by atoms with Gasteiger partial charge < -0.3 is 5.32 Å². The van der Waals surface area contributed by atoms with Crippen molar-refractivity contribution in [2.75, 3.05) is 6.54 Å². The molecule has 0 bridgehead atoms. The predicted octanol–water partition coefficient (Wildman–Crippen LogP) is 0.609. The van der Waals surface area contributed by atoms with Crippen LogP contribution in [0.25, 0.3) is 0 Å². The van der Waals surface area contributed by atoms with E-state index in [1.54, 1.807) is 0 Å². The Balaban J connectivity index is 1.88. The highest BCUT2D eigenvalue weighted by atomic mass is 32.2. The molecule has 1 fully saturated rings. The molecule has 0 amide bonds. The zero-order chi connectivity index (χ0) is 13.0. The molecular weight excluding hydrogens is 252 g/mol. The van der Waals surface area contributed by atoms with E-state index >= 15 is 0 Å². The van der Waals surface area contributed by atoms with Crippen LogP contribution in [0.2, 0.25) is 0 Å². The molecule has 0 aromatic carbocycles. The van der Waals surface area contributed by atoms with E-state index in [2.05, 4.69) is 27.2 Å². The van der Waals surface area contributed by atoms with Crippen molar-refractivity contribution < 1.29 is 8.42 Å². The second kappa shape index (κ2) is 5.81. The molecule has 18 heavy (non-hydrogen) atoms. The molecule has 102 valence electrons. The van der Waals surface area contributed by atoms with Gasteiger partial charge in [0.2, 0.25) is 0 Å². The summed E-state index contributed by atoms with van der Waals surface area (Å²) in [5.74, 6) is 0. The highest BCUT2D eigenvalue weighted by Gasteiger charge is 2.25. The van der Waals surface area contributed by atoms with Gasteiger partial charge in [0.25, 0.3) is 10.0 Å². The number of nitrogens with zero attached hydrogens (tertiary/aromatic N) is 1. The van der Waals surface area contributed by atoms with Crippen LogP contribution in [0.15, 0.2) is 17.3 Å². The normalized spacial score (nSPS) is 25.2. The van der Waals surface area contributed by atoms with Gasteiger partial charge in [-0.2, -0.15) is 5.10 Å². The molecule has 1 heterocycles. The molecule has 6 nitrogen and oxygen atoms in total. The smallest absolute Gasteiger partial charge is 0.257 e. The second-order valence-corrected chi connectivity index (χ2v) is 6.33. The Labute approximate surface area is 108 Å². The van der Waals surface area contributed by atoms with Crippen molar-refractivity contribution in [1.82, 2.24) is 20.2 Å². The number of H-pyrrole nitrogens is 1. The van der Waals surface area contributed by atoms with Gasteiger partial charge in [-0.1, -0.05) is 6.92 Å². The van der Waals surface area contributed by atoms with Crippen LogP contribution in [0.3, 0.4) is 0 Å². The number of hydrogen-bond donors (Lipinski definition) is 3. The third-order valence-corrected chi connectivity index (χ3v) is 4.76. The molecule has 1 aromatic rings. The fourth-order valence-electron chi connectivity index (χ4n) is 2.38. The first-order valence-electron chi connectivity index (χ1n) is 6.37. The van der Waals surface area contributed by atoms with Crippen molar-refractivity contribution in [3.8, 4) is 0 Å². The summed E-state index contributed by atoms with van der Waals surface area (Å²) in [7, 11) is -3.43. The Morgan fingerprint density at radius 1 is 1.33 bits per heavy atom. The Hall–Kier alpha value is -0.920. The molecular formula is C11H20N4O2S. The van der Waals surface area contributed by atoms with Crippen LogP contribution in [0.4, 0.5) is 0 Å². The number of rotatable bonds is 5. The van der Waals surface area contributed by atoms with Crippen LogP contribution >= 0.6 is 0 Å². The van der Waals surface area contributed by atoms with Crippen molar-refractivity contribution in [3.05, 3.63) is 12.3 Å². The van der Waals surface area contributed by atoms with Crippen LogP contribution in [0.5, 0.6) is 0 Å². The fraction of sp³-hybridized carbons (Fsp3) is 0.727. The van der Waals surface area contributed by atoms with E-state index < -0.39 is 10.0 Å². The molecule has 1 aliphatic carbocycles. The van der Waals surface area contributed by atoms with Crippen molar-refractivity contribution in [3.63, 3.8) is 0 Å². The van der Waals surface area contributed by atoms with Crippen LogP contribution < -0.4 is 10.0 Å². The summed E-state index contributed by atoms with van der Waals surface area (Å²) in [6, 6.07) is 2.03. The maximum Gasteiger partial charge on any atom is 0.257 e. The van der Waals surface area contributed by atoms with Gasteiger partial charge in [-0.05, 0) is 38.3 Å². The topological polar surface area (TPSA) is 86.9 Å². The fourth-order valence-corrected chi connectivity index (χ4v) is 3.59. The van der Waals surface area contributed by atoms with E-state index in [0.29, 0.717) is 6.04 Å². The van der Waals surface area contributed by atoms with E-state index in [9.17, 15) is 8.42 Å². The maximum absolute atomic E-state index is 12.0. The summed E-state index contributed by atoms with van der Waals surface area (Å²) < 4.78 is 26.7. The molecule has 0 saturated heterocycles. The lowest BCUT2D eigenvalue weighted by molar-refractivity contribution is 0.333. The van der Waals surface area contributed by atoms with E-state index in [4.69, 9.17) is 0 Å². The van der Waals surface area contributed by atoms with Gasteiger partial charge >= 0.3 is 0 Å². The monoisotopic (exact) mass is 272 g/mol. The molecule has 1 aromatic heterocycles. The number of aromatic amines is 1. The average Bonchev–Trinajstić information content (AvgIpc) is 2.86. The molecule has 1 saturated carbocycles. The third-order valence-electron chi connectivity index (χ3n) is 3.31. The van der Waals surface area contributed by atoms with Gasteiger partial charge in [-0.3, -0.25) is 5.10 Å². The maximum atomic E-state index is 12.0. The summed E-state index contributed by atoms with van der Waals surface area (Å²) in [5, 5.41) is 9.68. The number of nitrogens with one attached hydrogen (secondary N) is 3. The second-order valence-electron chi connectivity index (χ2n) is 4.65. The van der Waals surface area contributed by atoms with E-state index in [1.807, 2.05) is 0 Å². The molecule has 2 rings (SSSR count). The number of hydrogen-bond acceptors (Lipinski definition) is 4. The predicted molar refractivity (Wildman–Crippen MR) is 68.6 cm³/mol. The van der Waals surface area contributed by atoms with Crippen molar-refractivity contribution in [2.45, 2.75) is 49.7 Å². The molecule has 3 N–H and O–H groups in total. The van der Waals surface area contributed by atoms with Gasteiger partial charge in [0.05, 0.1) is 6.20 Å². The lowest BCUT2D eigenvalue weighted by atomic mass is 9.92. The number of sulfonamides is 1. The SMILES string of the molecule is CCNC1CCC(NS(=O)(=O)c2ccn[nH]2)CC1. The Kier molecular flexibility index (Phi) is 4.36. The standard InChI is InChI=1S/C11H20N4O2S/c1-2-12-9-3-5-10(6-4-9)15-18(16,17)11-7-8-13-14-11/h7-10,12,15H,2-6H2,1H3,(H,13,14). The Bertz CT molecular complexity index is 449. The van der Waals surface area contributed by atoms with Crippen LogP contribution in [0, 0.1) is 0 Å². The van der Waals surface area contributed by atoms with Gasteiger partial charge in [0.1, 0.15) is 0 Å². The largest absolute Gasteiger partial charge is 0.314 e. The lowest BCUT2D eigenvalue weighted by Gasteiger charge is -2.29. The average molecular weight is 272 g/mol. The van der Waals surface area contributed by atoms with Crippen LogP contribution in [-0.4, -0.2) is 37.2 Å². The molecule has 0 unspecified atom stereocenters. The summed E-state index contributed by atoms with van der Waals surface area (Å²) in [6.45, 7) is 3.06. The van der Waals surface area contributed by atoms with Gasteiger partial charge in [0, 0.05) is 12.1 Å². The van der Waals surface area contributed by atoms with Gasteiger partial charge in [0.15, 0.2) is 5.03 Å². The minimum atomic E-state index is -3.43. The van der Waals surface area contributed by atoms with Crippen LogP contribution in [0.1, 0.15) is 32.6 Å². The van der Waals surface area contributed by atoms with Crippen molar-refractivity contribution >= 4 is 10.0 Å². The van der Waals surface area contributed by atoms with Crippen molar-refractivity contribution in [1.29, 1.82) is 0 Å².